The fourth-order valence-corrected chi connectivity index (χ4v) is 4.51. The monoisotopic (exact) mass is 546 g/mol. The maximum atomic E-state index is 13.4. The van der Waals surface area contributed by atoms with Gasteiger partial charge in [-0.25, -0.2) is 0 Å². The van der Waals surface area contributed by atoms with Crippen LogP contribution in [0.25, 0.3) is 11.1 Å². The number of hydrogen-bond acceptors (Lipinski definition) is 5. The Morgan fingerprint density at radius 3 is 2.40 bits per heavy atom. The van der Waals surface area contributed by atoms with Crippen molar-refractivity contribution in [2.75, 3.05) is 5.32 Å². The second kappa shape index (κ2) is 11.2. The largest absolute Gasteiger partial charge is 0.476 e. The highest BCUT2D eigenvalue weighted by atomic mass is 79.9. The van der Waals surface area contributed by atoms with E-state index in [2.05, 4.69) is 21.2 Å². The summed E-state index contributed by atoms with van der Waals surface area (Å²) < 4.78 is 6.82. The molecule has 0 spiro atoms. The Bertz CT molecular complexity index is 1360. The number of amides is 1. The molecule has 176 valence electrons. The lowest BCUT2D eigenvalue weighted by Gasteiger charge is -2.20. The van der Waals surface area contributed by atoms with Gasteiger partial charge in [0.05, 0.1) is 5.69 Å². The molecule has 1 unspecified atom stereocenters. The average molecular weight is 547 g/mol. The van der Waals surface area contributed by atoms with E-state index < -0.39 is 6.10 Å². The van der Waals surface area contributed by atoms with Crippen LogP contribution in [-0.2, 0) is 4.79 Å². The van der Waals surface area contributed by atoms with E-state index in [4.69, 9.17) is 21.0 Å². The molecule has 1 atom stereocenters. The lowest BCUT2D eigenvalue weighted by Crippen LogP contribution is -2.26. The highest BCUT2D eigenvalue weighted by Crippen LogP contribution is 2.34. The molecule has 1 amide bonds. The molecule has 0 aliphatic rings. The number of benzene rings is 4. The molecule has 4 aromatic carbocycles. The minimum absolute atomic E-state index is 0.0743. The van der Waals surface area contributed by atoms with E-state index in [1.165, 1.54) is 11.9 Å². The standard InChI is InChI=1S/C27H23BrN4O2S/c28-22-16-18(21-11-4-5-12-24(21)35-31)13-14-23(22)32-27(33)25(17-7-2-1-3-8-17)34-20-10-6-9-19(15-20)26(29)30/h1-16,25H,31H2,(H3,29,30)(H,32,33). The molecule has 6 nitrogen and oxygen atoms in total. The smallest absolute Gasteiger partial charge is 0.270 e. The van der Waals surface area contributed by atoms with Gasteiger partial charge in [-0.2, -0.15) is 0 Å². The first kappa shape index (κ1) is 24.5. The highest BCUT2D eigenvalue weighted by Gasteiger charge is 2.24. The van der Waals surface area contributed by atoms with E-state index in [1.54, 1.807) is 24.3 Å². The fraction of sp³-hybridized carbons (Fsp3) is 0.0370. The van der Waals surface area contributed by atoms with Crippen LogP contribution in [0.1, 0.15) is 17.2 Å². The van der Waals surface area contributed by atoms with E-state index in [9.17, 15) is 4.79 Å². The van der Waals surface area contributed by atoms with Crippen LogP contribution in [0, 0.1) is 5.41 Å². The molecule has 0 aromatic heterocycles. The Kier molecular flexibility index (Phi) is 7.87. The van der Waals surface area contributed by atoms with Crippen LogP contribution in [0.5, 0.6) is 5.75 Å². The zero-order valence-corrected chi connectivity index (χ0v) is 21.0. The highest BCUT2D eigenvalue weighted by molar-refractivity contribution is 9.10. The van der Waals surface area contributed by atoms with Crippen molar-refractivity contribution in [2.24, 2.45) is 10.9 Å². The van der Waals surface area contributed by atoms with Crippen molar-refractivity contribution in [3.05, 3.63) is 113 Å². The van der Waals surface area contributed by atoms with Gasteiger partial charge in [0.2, 0.25) is 6.10 Å². The molecular formula is C27H23BrN4O2S. The zero-order chi connectivity index (χ0) is 24.8. The summed E-state index contributed by atoms with van der Waals surface area (Å²) in [5, 5.41) is 16.5. The minimum atomic E-state index is -0.917. The normalized spacial score (nSPS) is 11.5. The predicted molar refractivity (Wildman–Crippen MR) is 146 cm³/mol. The Labute approximate surface area is 216 Å². The van der Waals surface area contributed by atoms with Crippen LogP contribution < -0.4 is 20.9 Å². The summed E-state index contributed by atoms with van der Waals surface area (Å²) in [5.41, 5.74) is 9.41. The molecule has 8 heteroatoms. The number of ether oxygens (including phenoxy) is 1. The second-order valence-corrected chi connectivity index (χ2v) is 9.18. The number of anilines is 1. The van der Waals surface area contributed by atoms with E-state index in [0.29, 0.717) is 22.6 Å². The first-order chi connectivity index (χ1) is 17.0. The molecule has 35 heavy (non-hydrogen) atoms. The third kappa shape index (κ3) is 5.92. The first-order valence-electron chi connectivity index (χ1n) is 10.7. The quantitative estimate of drug-likeness (QED) is 0.121. The van der Waals surface area contributed by atoms with E-state index in [-0.39, 0.29) is 11.7 Å². The predicted octanol–water partition coefficient (Wildman–Crippen LogP) is 6.12. The van der Waals surface area contributed by atoms with E-state index in [0.717, 1.165) is 20.5 Å². The Morgan fingerprint density at radius 2 is 1.69 bits per heavy atom. The van der Waals surface area contributed by atoms with E-state index in [1.807, 2.05) is 72.8 Å². The summed E-state index contributed by atoms with van der Waals surface area (Å²) in [5.74, 6) is 0.0255. The van der Waals surface area contributed by atoms with Crippen LogP contribution in [0.4, 0.5) is 5.69 Å². The molecule has 0 fully saturated rings. The number of hydrogen-bond donors (Lipinski definition) is 4. The van der Waals surface area contributed by atoms with Crippen molar-refractivity contribution in [1.29, 1.82) is 5.41 Å². The lowest BCUT2D eigenvalue weighted by molar-refractivity contribution is -0.123. The summed E-state index contributed by atoms with van der Waals surface area (Å²) in [4.78, 5) is 14.4. The van der Waals surface area contributed by atoms with E-state index >= 15 is 0 Å². The molecule has 0 saturated carbocycles. The number of nitrogens with one attached hydrogen (secondary N) is 2. The Balaban J connectivity index is 1.61. The molecule has 0 heterocycles. The number of halogens is 1. The first-order valence-corrected chi connectivity index (χ1v) is 12.4. The van der Waals surface area contributed by atoms with Crippen molar-refractivity contribution in [1.82, 2.24) is 0 Å². The van der Waals surface area contributed by atoms with Crippen molar-refractivity contribution in [2.45, 2.75) is 11.0 Å². The summed E-state index contributed by atoms with van der Waals surface area (Å²) in [7, 11) is 0. The van der Waals surface area contributed by atoms with Gasteiger partial charge in [-0.3, -0.25) is 15.3 Å². The fourth-order valence-electron chi connectivity index (χ4n) is 3.56. The van der Waals surface area contributed by atoms with Crippen LogP contribution >= 0.6 is 27.9 Å². The topological polar surface area (TPSA) is 114 Å². The van der Waals surface area contributed by atoms with Gasteiger partial charge >= 0.3 is 0 Å². The molecule has 0 saturated heterocycles. The number of rotatable bonds is 8. The molecular weight excluding hydrogens is 524 g/mol. The van der Waals surface area contributed by atoms with Gasteiger partial charge in [-0.15, -0.1) is 0 Å². The molecule has 0 aliphatic carbocycles. The maximum Gasteiger partial charge on any atom is 0.270 e. The van der Waals surface area contributed by atoms with Crippen molar-refractivity contribution in [3.8, 4) is 16.9 Å². The van der Waals surface area contributed by atoms with Crippen molar-refractivity contribution in [3.63, 3.8) is 0 Å². The summed E-state index contributed by atoms with van der Waals surface area (Å²) in [6.45, 7) is 0. The SMILES string of the molecule is N=C(N)c1cccc(OC(C(=O)Nc2ccc(-c3ccccc3SN)cc2Br)c2ccccc2)c1. The number of nitrogens with two attached hydrogens (primary N) is 2. The van der Waals surface area contributed by atoms with Gasteiger partial charge in [0, 0.05) is 20.5 Å². The van der Waals surface area contributed by atoms with Crippen molar-refractivity contribution < 1.29 is 9.53 Å². The van der Waals surface area contributed by atoms with Crippen LogP contribution in [0.2, 0.25) is 0 Å². The van der Waals surface area contributed by atoms with Gasteiger partial charge in [0.1, 0.15) is 11.6 Å². The number of amidine groups is 1. The molecule has 0 bridgehead atoms. The van der Waals surface area contributed by atoms with Gasteiger partial charge in [-0.05, 0) is 69.3 Å². The van der Waals surface area contributed by atoms with Crippen LogP contribution in [0.3, 0.4) is 0 Å². The van der Waals surface area contributed by atoms with Gasteiger partial charge in [0.25, 0.3) is 5.91 Å². The Hall–Kier alpha value is -3.59. The molecule has 0 aliphatic heterocycles. The molecule has 0 radical (unpaired) electrons. The molecule has 6 N–H and O–H groups in total. The summed E-state index contributed by atoms with van der Waals surface area (Å²) >= 11 is 4.78. The number of carbonyl (C=O) groups is 1. The zero-order valence-electron chi connectivity index (χ0n) is 18.6. The average Bonchev–Trinajstić information content (AvgIpc) is 2.89. The lowest BCUT2D eigenvalue weighted by atomic mass is 10.0. The third-order valence-electron chi connectivity index (χ3n) is 5.29. The third-order valence-corrected chi connectivity index (χ3v) is 6.56. The summed E-state index contributed by atoms with van der Waals surface area (Å²) in [6, 6.07) is 29.7. The second-order valence-electron chi connectivity index (χ2n) is 7.65. The maximum absolute atomic E-state index is 13.4. The van der Waals surface area contributed by atoms with Crippen LogP contribution in [-0.4, -0.2) is 11.7 Å². The number of nitrogen functional groups attached to an aromatic ring is 1. The van der Waals surface area contributed by atoms with Crippen LogP contribution in [0.15, 0.2) is 106 Å². The van der Waals surface area contributed by atoms with Gasteiger partial charge in [-0.1, -0.05) is 66.7 Å². The number of carbonyl (C=O) groups excluding carboxylic acids is 1. The summed E-state index contributed by atoms with van der Waals surface area (Å²) in [6.07, 6.45) is -0.917. The van der Waals surface area contributed by atoms with Crippen molar-refractivity contribution >= 4 is 45.3 Å². The minimum Gasteiger partial charge on any atom is -0.476 e. The van der Waals surface area contributed by atoms with Gasteiger partial charge in [0.15, 0.2) is 0 Å². The Morgan fingerprint density at radius 1 is 0.943 bits per heavy atom. The van der Waals surface area contributed by atoms with Gasteiger partial charge < -0.3 is 15.8 Å². The molecule has 4 rings (SSSR count). The molecule has 4 aromatic rings.